The van der Waals surface area contributed by atoms with Crippen LogP contribution < -0.4 is 16.0 Å². The van der Waals surface area contributed by atoms with Crippen LogP contribution in [0.2, 0.25) is 0 Å². The number of piperidine rings is 1. The van der Waals surface area contributed by atoms with Gasteiger partial charge in [-0.05, 0) is 122 Å². The minimum atomic E-state index is -0.897. The highest BCUT2D eigenvalue weighted by atomic mass is 16.5. The van der Waals surface area contributed by atoms with Crippen molar-refractivity contribution in [2.24, 2.45) is 29.6 Å². The van der Waals surface area contributed by atoms with Gasteiger partial charge in [0.25, 0.3) is 0 Å². The summed E-state index contributed by atoms with van der Waals surface area (Å²) >= 11 is 0. The second-order valence-electron chi connectivity index (χ2n) is 19.7. The molecule has 9 atom stereocenters. The fourth-order valence-electron chi connectivity index (χ4n) is 11.4. The Kier molecular flexibility index (Phi) is 12.4. The highest BCUT2D eigenvalue weighted by Gasteiger charge is 2.57. The number of imidazole rings is 2. The minimum absolute atomic E-state index is 0.0312. The summed E-state index contributed by atoms with van der Waals surface area (Å²) in [5.74, 6) is 2.82. The standard InChI is InChI=1S/C51H60N10O8/c1-26-34(44(26)58-48(62)45(59-50(64)66-2)27-10-14-68-15-11-27)6-9-43-54-35-7-4-29(18-39(35)55-43)32-20-37-38(52-24-32)21-33(25-53-37)30-5-8-36-40(19-30)57-47(56-36)42-23-31-22-41(31)61(42)49(63)46(60-51(65)67-3)28-12-16-69-17-13-28/h4-5,7-8,18-21,24-28,31,34,41-42,44-46,48,58,62H,6,9-17,22-23H2,1-3H3,(H,54,55)(H,56,57)(H,59,64)(H,60,65). The summed E-state index contributed by atoms with van der Waals surface area (Å²) in [5, 5.41) is 20.4. The van der Waals surface area contributed by atoms with Crippen LogP contribution in [0.3, 0.4) is 0 Å². The number of H-pyrrole nitrogens is 2. The summed E-state index contributed by atoms with van der Waals surface area (Å²) in [6.45, 7) is 4.53. The quantitative estimate of drug-likeness (QED) is 0.0674. The molecule has 6 aromatic rings. The van der Waals surface area contributed by atoms with Crippen molar-refractivity contribution in [1.82, 2.24) is 50.8 Å². The molecule has 69 heavy (non-hydrogen) atoms. The topological polar surface area (TPSA) is 231 Å². The van der Waals surface area contributed by atoms with E-state index >= 15 is 0 Å². The third kappa shape index (κ3) is 9.22. The van der Waals surface area contributed by atoms with E-state index in [1.54, 1.807) is 0 Å². The number of ether oxygens (including phenoxy) is 4. The molecule has 6 N–H and O–H groups in total. The maximum Gasteiger partial charge on any atom is 0.407 e. The zero-order valence-corrected chi connectivity index (χ0v) is 39.2. The molecule has 3 aliphatic heterocycles. The lowest BCUT2D eigenvalue weighted by molar-refractivity contribution is -0.138. The van der Waals surface area contributed by atoms with E-state index in [9.17, 15) is 19.5 Å². The van der Waals surface area contributed by atoms with Crippen LogP contribution in [-0.4, -0.2) is 129 Å². The highest BCUT2D eigenvalue weighted by Crippen LogP contribution is 2.54. The molecule has 11 rings (SSSR count). The summed E-state index contributed by atoms with van der Waals surface area (Å²) in [4.78, 5) is 67.6. The maximum atomic E-state index is 14.3. The van der Waals surface area contributed by atoms with Gasteiger partial charge in [0.15, 0.2) is 0 Å². The molecule has 5 fully saturated rings. The Hall–Kier alpha value is -6.21. The van der Waals surface area contributed by atoms with E-state index in [1.807, 2.05) is 35.5 Å². The number of carbonyl (C=O) groups is 3. The number of hydrogen-bond acceptors (Lipinski definition) is 13. The van der Waals surface area contributed by atoms with Crippen molar-refractivity contribution < 1.29 is 38.4 Å². The van der Waals surface area contributed by atoms with E-state index < -0.39 is 30.5 Å². The second kappa shape index (κ2) is 18.9. The van der Waals surface area contributed by atoms with E-state index in [0.717, 1.165) is 106 Å². The summed E-state index contributed by atoms with van der Waals surface area (Å²) in [5.41, 5.74) is 8.93. The number of fused-ring (bicyclic) bond motifs is 4. The molecule has 0 bridgehead atoms. The van der Waals surface area contributed by atoms with Gasteiger partial charge >= 0.3 is 12.2 Å². The molecule has 0 radical (unpaired) electrons. The van der Waals surface area contributed by atoms with Gasteiger partial charge < -0.3 is 49.6 Å². The van der Waals surface area contributed by atoms with Crippen molar-refractivity contribution in [3.8, 4) is 22.3 Å². The molecule has 362 valence electrons. The maximum absolute atomic E-state index is 14.3. The Balaban J connectivity index is 0.743. The summed E-state index contributed by atoms with van der Waals surface area (Å²) < 4.78 is 20.9. The van der Waals surface area contributed by atoms with E-state index in [2.05, 4.69) is 63.2 Å². The average Bonchev–Trinajstić information content (AvgIpc) is 4.01. The van der Waals surface area contributed by atoms with Crippen molar-refractivity contribution in [2.45, 2.75) is 94.7 Å². The molecule has 2 aromatic carbocycles. The molecule has 2 aliphatic carbocycles. The molecule has 2 saturated carbocycles. The van der Waals surface area contributed by atoms with Crippen LogP contribution in [0.4, 0.5) is 9.59 Å². The first-order chi connectivity index (χ1) is 33.6. The van der Waals surface area contributed by atoms with Crippen molar-refractivity contribution in [3.63, 3.8) is 0 Å². The number of pyridine rings is 2. The van der Waals surface area contributed by atoms with Crippen LogP contribution in [-0.2, 0) is 30.2 Å². The minimum Gasteiger partial charge on any atom is -0.453 e. The van der Waals surface area contributed by atoms with E-state index in [0.29, 0.717) is 57.0 Å². The van der Waals surface area contributed by atoms with Crippen LogP contribution in [0.5, 0.6) is 0 Å². The van der Waals surface area contributed by atoms with Gasteiger partial charge in [-0.25, -0.2) is 19.6 Å². The normalized spacial score (nSPS) is 25.0. The Morgan fingerprint density at radius 1 is 0.768 bits per heavy atom. The molecule has 9 unspecified atom stereocenters. The van der Waals surface area contributed by atoms with Crippen molar-refractivity contribution in [1.29, 1.82) is 0 Å². The number of hydrogen-bond donors (Lipinski definition) is 6. The number of nitrogens with zero attached hydrogens (tertiary/aromatic N) is 5. The lowest BCUT2D eigenvalue weighted by atomic mass is 9.90. The fraction of sp³-hybridized carbons (Fsp3) is 0.510. The third-order valence-corrected chi connectivity index (χ3v) is 15.6. The number of alkyl carbamates (subject to hydrolysis) is 2. The first kappa shape index (κ1) is 45.2. The first-order valence-electron chi connectivity index (χ1n) is 24.5. The molecule has 7 heterocycles. The van der Waals surface area contributed by atoms with Gasteiger partial charge in [0.2, 0.25) is 5.91 Å². The Morgan fingerprint density at radius 3 is 2.03 bits per heavy atom. The highest BCUT2D eigenvalue weighted by molar-refractivity contribution is 5.90. The number of aliphatic hydroxyl groups excluding tert-OH is 1. The second-order valence-corrected chi connectivity index (χ2v) is 19.7. The molecular formula is C51H60N10O8. The number of aromatic amines is 2. The number of methoxy groups -OCH3 is 2. The summed E-state index contributed by atoms with van der Waals surface area (Å²) in [6.07, 6.45) is 8.09. The van der Waals surface area contributed by atoms with Crippen LogP contribution in [0.15, 0.2) is 60.9 Å². The monoisotopic (exact) mass is 940 g/mol. The average molecular weight is 941 g/mol. The predicted octanol–water partition coefficient (Wildman–Crippen LogP) is 6.16. The molecular weight excluding hydrogens is 881 g/mol. The van der Waals surface area contributed by atoms with Gasteiger partial charge in [-0.2, -0.15) is 0 Å². The Morgan fingerprint density at radius 2 is 1.38 bits per heavy atom. The molecule has 18 nitrogen and oxygen atoms in total. The molecule has 5 aliphatic rings. The summed E-state index contributed by atoms with van der Waals surface area (Å²) in [7, 11) is 2.66. The van der Waals surface area contributed by atoms with Gasteiger partial charge in [0, 0.05) is 68.5 Å². The van der Waals surface area contributed by atoms with Gasteiger partial charge in [0.05, 0.1) is 59.4 Å². The van der Waals surface area contributed by atoms with Crippen LogP contribution in [0.1, 0.15) is 69.6 Å². The first-order valence-corrected chi connectivity index (χ1v) is 24.5. The SMILES string of the molecule is COC(=O)NC(C(=O)N1C(c2nc3ccc(-c4cnc5cc(-c6ccc7nc(CCC8C(C)C8NC(O)C(NC(=O)OC)C8CCOCC8)[nH]c7c6)cnc5c4)cc3[nH]2)CC2CC21)C1CCOCC1. The van der Waals surface area contributed by atoms with E-state index in [1.165, 1.54) is 14.2 Å². The number of aliphatic hydroxyl groups is 1. The number of nitrogens with one attached hydrogen (secondary N) is 5. The van der Waals surface area contributed by atoms with Crippen molar-refractivity contribution >= 4 is 51.2 Å². The number of aryl methyl sites for hydroxylation is 1. The third-order valence-electron chi connectivity index (χ3n) is 15.6. The van der Waals surface area contributed by atoms with Crippen LogP contribution in [0, 0.1) is 29.6 Å². The van der Waals surface area contributed by atoms with E-state index in [4.69, 9.17) is 38.9 Å². The fourth-order valence-corrected chi connectivity index (χ4v) is 11.4. The number of likely N-dealkylation sites (tertiary alicyclic amines) is 1. The largest absolute Gasteiger partial charge is 0.453 e. The number of rotatable bonds is 14. The van der Waals surface area contributed by atoms with Gasteiger partial charge in [0.1, 0.15) is 23.9 Å². The van der Waals surface area contributed by atoms with Crippen molar-refractivity contribution in [2.75, 3.05) is 40.6 Å². The smallest absolute Gasteiger partial charge is 0.407 e. The zero-order chi connectivity index (χ0) is 47.3. The van der Waals surface area contributed by atoms with Gasteiger partial charge in [-0.15, -0.1) is 0 Å². The molecule has 0 spiro atoms. The van der Waals surface area contributed by atoms with Gasteiger partial charge in [-0.3, -0.25) is 20.1 Å². The van der Waals surface area contributed by atoms with Gasteiger partial charge in [-0.1, -0.05) is 19.1 Å². The molecule has 3 saturated heterocycles. The van der Waals surface area contributed by atoms with Crippen molar-refractivity contribution in [3.05, 3.63) is 72.6 Å². The lowest BCUT2D eigenvalue weighted by Gasteiger charge is -2.35. The molecule has 4 aromatic heterocycles. The number of amides is 3. The number of benzene rings is 2. The van der Waals surface area contributed by atoms with Crippen LogP contribution in [0.25, 0.3) is 55.4 Å². The molecule has 3 amide bonds. The summed E-state index contributed by atoms with van der Waals surface area (Å²) in [6, 6.07) is 15.3. The predicted molar refractivity (Wildman–Crippen MR) is 255 cm³/mol. The Labute approximate surface area is 399 Å². The Bertz CT molecular complexity index is 2880. The van der Waals surface area contributed by atoms with E-state index in [-0.39, 0.29) is 35.9 Å². The van der Waals surface area contributed by atoms with Crippen LogP contribution >= 0.6 is 0 Å². The number of aromatic nitrogens is 6. The number of carbonyl (C=O) groups excluding carboxylic acids is 3. The lowest BCUT2D eigenvalue weighted by Crippen LogP contribution is -2.55. The molecule has 18 heteroatoms. The zero-order valence-electron chi connectivity index (χ0n) is 39.2.